The Labute approximate surface area is 177 Å². The van der Waals surface area contributed by atoms with Crippen LogP contribution in [0.4, 0.5) is 5.82 Å². The van der Waals surface area contributed by atoms with E-state index >= 15 is 0 Å². The van der Waals surface area contributed by atoms with Crippen LogP contribution in [0.2, 0.25) is 0 Å². The first-order chi connectivity index (χ1) is 14.1. The molecule has 2 aromatic heterocycles. The van der Waals surface area contributed by atoms with Crippen molar-refractivity contribution in [2.75, 3.05) is 24.2 Å². The summed E-state index contributed by atoms with van der Waals surface area (Å²) in [6.07, 6.45) is 8.54. The van der Waals surface area contributed by atoms with Crippen LogP contribution in [0.5, 0.6) is 0 Å². The van der Waals surface area contributed by atoms with Gasteiger partial charge in [-0.15, -0.1) is 0 Å². The Morgan fingerprint density at radius 2 is 2.07 bits per heavy atom. The second-order valence-electron chi connectivity index (χ2n) is 8.21. The predicted molar refractivity (Wildman–Crippen MR) is 119 cm³/mol. The van der Waals surface area contributed by atoms with Crippen molar-refractivity contribution >= 4 is 34.5 Å². The largest absolute Gasteiger partial charge is 0.369 e. The van der Waals surface area contributed by atoms with Gasteiger partial charge in [-0.05, 0) is 25.2 Å². The molecule has 0 spiro atoms. The number of carbonyl (C=O) groups is 1. The molecule has 29 heavy (non-hydrogen) atoms. The van der Waals surface area contributed by atoms with E-state index in [1.165, 1.54) is 19.3 Å². The Morgan fingerprint density at radius 1 is 1.28 bits per heavy atom. The molecule has 0 saturated heterocycles. The number of rotatable bonds is 10. The maximum atomic E-state index is 12.4. The Kier molecular flexibility index (Phi) is 8.15. The Balaban J connectivity index is 1.70. The van der Waals surface area contributed by atoms with Crippen molar-refractivity contribution in [3.63, 3.8) is 0 Å². The first kappa shape index (κ1) is 21.9. The molecule has 1 amide bonds. The molecule has 160 valence electrons. The molecule has 0 aromatic carbocycles. The van der Waals surface area contributed by atoms with Crippen LogP contribution in [0.3, 0.4) is 0 Å². The zero-order valence-electron chi connectivity index (χ0n) is 17.9. The van der Waals surface area contributed by atoms with Crippen LogP contribution in [0, 0.1) is 11.8 Å². The molecule has 1 fully saturated rings. The molecule has 0 aliphatic heterocycles. The number of nitrogens with zero attached hydrogens (tertiary/aromatic N) is 4. The van der Waals surface area contributed by atoms with E-state index in [2.05, 4.69) is 36.5 Å². The van der Waals surface area contributed by atoms with Gasteiger partial charge in [0.25, 0.3) is 0 Å². The minimum absolute atomic E-state index is 0.185. The number of amides is 1. The molecule has 2 N–H and O–H groups in total. The molecule has 3 rings (SSSR count). The minimum Gasteiger partial charge on any atom is -0.369 e. The summed E-state index contributed by atoms with van der Waals surface area (Å²) in [7, 11) is 0. The standard InChI is InChI=1S/C21H34N6OS/c1-4-12-29-21-25-18(23-13-15(2)3)17-14-24-27(19(17)26-21)11-10-22-20(28)16-8-6-5-7-9-16/h14-16H,4-13H2,1-3H3,(H,22,28)(H,23,25,26). The number of carbonyl (C=O) groups excluding carboxylic acids is 1. The summed E-state index contributed by atoms with van der Waals surface area (Å²) in [5.74, 6) is 2.73. The zero-order chi connectivity index (χ0) is 20.6. The number of thioether (sulfide) groups is 1. The van der Waals surface area contributed by atoms with Crippen LogP contribution in [-0.4, -0.2) is 44.5 Å². The van der Waals surface area contributed by atoms with E-state index < -0.39 is 0 Å². The SMILES string of the molecule is CCCSc1nc(NCC(C)C)c2cnn(CCNC(=O)C3CCCCC3)c2n1. The van der Waals surface area contributed by atoms with Gasteiger partial charge in [0.1, 0.15) is 5.82 Å². The number of hydrogen-bond donors (Lipinski definition) is 2. The summed E-state index contributed by atoms with van der Waals surface area (Å²) in [5.41, 5.74) is 0.830. The summed E-state index contributed by atoms with van der Waals surface area (Å²) in [5, 5.41) is 12.8. The summed E-state index contributed by atoms with van der Waals surface area (Å²) >= 11 is 1.67. The second-order valence-corrected chi connectivity index (χ2v) is 9.27. The highest BCUT2D eigenvalue weighted by Crippen LogP contribution is 2.25. The lowest BCUT2D eigenvalue weighted by Crippen LogP contribution is -2.34. The number of anilines is 1. The maximum Gasteiger partial charge on any atom is 0.223 e. The number of aromatic nitrogens is 4. The van der Waals surface area contributed by atoms with Crippen molar-refractivity contribution in [1.82, 2.24) is 25.1 Å². The minimum atomic E-state index is 0.185. The van der Waals surface area contributed by atoms with Crippen molar-refractivity contribution in [3.8, 4) is 0 Å². The van der Waals surface area contributed by atoms with Gasteiger partial charge < -0.3 is 10.6 Å². The number of nitrogens with one attached hydrogen (secondary N) is 2. The quantitative estimate of drug-likeness (QED) is 0.446. The maximum absolute atomic E-state index is 12.4. The van der Waals surface area contributed by atoms with E-state index in [1.807, 2.05) is 10.9 Å². The van der Waals surface area contributed by atoms with E-state index in [0.717, 1.165) is 53.6 Å². The zero-order valence-corrected chi connectivity index (χ0v) is 18.7. The van der Waals surface area contributed by atoms with Crippen LogP contribution >= 0.6 is 11.8 Å². The third-order valence-electron chi connectivity index (χ3n) is 5.19. The van der Waals surface area contributed by atoms with E-state index in [1.54, 1.807) is 11.8 Å². The smallest absolute Gasteiger partial charge is 0.223 e. The van der Waals surface area contributed by atoms with Gasteiger partial charge in [-0.1, -0.05) is 51.8 Å². The molecule has 1 saturated carbocycles. The molecular weight excluding hydrogens is 384 g/mol. The van der Waals surface area contributed by atoms with Crippen LogP contribution < -0.4 is 10.6 Å². The highest BCUT2D eigenvalue weighted by atomic mass is 32.2. The van der Waals surface area contributed by atoms with Gasteiger partial charge in [-0.2, -0.15) is 5.10 Å². The lowest BCUT2D eigenvalue weighted by molar-refractivity contribution is -0.125. The molecule has 0 unspecified atom stereocenters. The van der Waals surface area contributed by atoms with Crippen molar-refractivity contribution in [2.45, 2.75) is 71.0 Å². The number of hydrogen-bond acceptors (Lipinski definition) is 6. The van der Waals surface area contributed by atoms with Crippen molar-refractivity contribution in [3.05, 3.63) is 6.20 Å². The van der Waals surface area contributed by atoms with E-state index in [9.17, 15) is 4.79 Å². The van der Waals surface area contributed by atoms with Gasteiger partial charge in [0.2, 0.25) is 5.91 Å². The molecule has 2 aromatic rings. The Morgan fingerprint density at radius 3 is 2.79 bits per heavy atom. The van der Waals surface area contributed by atoms with Gasteiger partial charge in [-0.25, -0.2) is 14.6 Å². The lowest BCUT2D eigenvalue weighted by atomic mass is 9.89. The average Bonchev–Trinajstić information content (AvgIpc) is 3.14. The normalized spacial score (nSPS) is 15.2. The third-order valence-corrected chi connectivity index (χ3v) is 6.24. The first-order valence-electron chi connectivity index (χ1n) is 11.0. The van der Waals surface area contributed by atoms with Gasteiger partial charge in [0, 0.05) is 24.8 Å². The molecule has 8 heteroatoms. The molecular formula is C21H34N6OS. The summed E-state index contributed by atoms with van der Waals surface area (Å²) < 4.78 is 1.88. The van der Waals surface area contributed by atoms with Crippen LogP contribution in [-0.2, 0) is 11.3 Å². The molecule has 0 radical (unpaired) electrons. The van der Waals surface area contributed by atoms with Gasteiger partial charge in [-0.3, -0.25) is 4.79 Å². The lowest BCUT2D eigenvalue weighted by Gasteiger charge is -2.20. The van der Waals surface area contributed by atoms with Gasteiger partial charge >= 0.3 is 0 Å². The first-order valence-corrected chi connectivity index (χ1v) is 11.9. The van der Waals surface area contributed by atoms with Gasteiger partial charge in [0.05, 0.1) is 18.1 Å². The fourth-order valence-electron chi connectivity index (χ4n) is 3.59. The van der Waals surface area contributed by atoms with Gasteiger partial charge in [0.15, 0.2) is 10.8 Å². The highest BCUT2D eigenvalue weighted by molar-refractivity contribution is 7.99. The van der Waals surface area contributed by atoms with E-state index in [4.69, 9.17) is 9.97 Å². The van der Waals surface area contributed by atoms with Crippen molar-refractivity contribution < 1.29 is 4.79 Å². The Bertz CT molecular complexity index is 800. The molecule has 1 aliphatic carbocycles. The van der Waals surface area contributed by atoms with Crippen molar-refractivity contribution in [1.29, 1.82) is 0 Å². The van der Waals surface area contributed by atoms with E-state index in [-0.39, 0.29) is 11.8 Å². The molecule has 0 atom stereocenters. The summed E-state index contributed by atoms with van der Waals surface area (Å²) in [6, 6.07) is 0. The van der Waals surface area contributed by atoms with Crippen LogP contribution in [0.1, 0.15) is 59.3 Å². The predicted octanol–water partition coefficient (Wildman–Crippen LogP) is 4.09. The average molecular weight is 419 g/mol. The fraction of sp³-hybridized carbons (Fsp3) is 0.714. The Hall–Kier alpha value is -1.83. The van der Waals surface area contributed by atoms with Crippen molar-refractivity contribution in [2.24, 2.45) is 11.8 Å². The number of fused-ring (bicyclic) bond motifs is 1. The summed E-state index contributed by atoms with van der Waals surface area (Å²) in [4.78, 5) is 21.8. The molecule has 1 aliphatic rings. The molecule has 0 bridgehead atoms. The third kappa shape index (κ3) is 6.07. The fourth-order valence-corrected chi connectivity index (χ4v) is 4.28. The summed E-state index contributed by atoms with van der Waals surface area (Å²) in [6.45, 7) is 8.55. The van der Waals surface area contributed by atoms with E-state index in [0.29, 0.717) is 19.0 Å². The molecule has 2 heterocycles. The highest BCUT2D eigenvalue weighted by Gasteiger charge is 2.20. The topological polar surface area (TPSA) is 84.7 Å². The van der Waals surface area contributed by atoms with Crippen LogP contribution in [0.15, 0.2) is 11.4 Å². The second kappa shape index (κ2) is 10.8. The van der Waals surface area contributed by atoms with Crippen LogP contribution in [0.25, 0.3) is 11.0 Å². The molecule has 7 nitrogen and oxygen atoms in total. The monoisotopic (exact) mass is 418 g/mol.